The lowest BCUT2D eigenvalue weighted by Crippen LogP contribution is -2.14. The van der Waals surface area contributed by atoms with Gasteiger partial charge in [0.05, 0.1) is 12.1 Å². The third-order valence-electron chi connectivity index (χ3n) is 2.91. The Labute approximate surface area is 109 Å². The van der Waals surface area contributed by atoms with Crippen molar-refractivity contribution in [3.63, 3.8) is 0 Å². The summed E-state index contributed by atoms with van der Waals surface area (Å²) in [4.78, 5) is 0.601. The predicted molar refractivity (Wildman–Crippen MR) is 76.6 cm³/mol. The molecule has 0 aliphatic heterocycles. The first kappa shape index (κ1) is 14.0. The molecule has 1 rings (SSSR count). The van der Waals surface area contributed by atoms with Gasteiger partial charge in [-0.2, -0.15) is 0 Å². The highest BCUT2D eigenvalue weighted by atomic mass is 32.1. The number of nitrogens with two attached hydrogens (primary N) is 1. The fraction of sp³-hybridized carbons (Fsp3) is 0.500. The zero-order valence-electron chi connectivity index (χ0n) is 10.8. The van der Waals surface area contributed by atoms with Crippen molar-refractivity contribution in [2.45, 2.75) is 33.1 Å². The van der Waals surface area contributed by atoms with E-state index in [9.17, 15) is 0 Å². The van der Waals surface area contributed by atoms with Gasteiger partial charge in [0.15, 0.2) is 0 Å². The van der Waals surface area contributed by atoms with Gasteiger partial charge in [0.25, 0.3) is 0 Å². The Morgan fingerprint density at radius 3 is 2.65 bits per heavy atom. The molecule has 0 spiro atoms. The van der Waals surface area contributed by atoms with Gasteiger partial charge < -0.3 is 10.5 Å². The lowest BCUT2D eigenvalue weighted by atomic mass is 9.93. The number of hydrogen-bond donors (Lipinski definition) is 1. The fourth-order valence-electron chi connectivity index (χ4n) is 2.05. The van der Waals surface area contributed by atoms with E-state index in [0.717, 1.165) is 25.0 Å². The highest BCUT2D eigenvalue weighted by Gasteiger charge is 2.09. The first-order valence-corrected chi connectivity index (χ1v) is 6.41. The van der Waals surface area contributed by atoms with E-state index in [1.165, 1.54) is 11.1 Å². The van der Waals surface area contributed by atoms with Crippen LogP contribution in [-0.2, 0) is 12.8 Å². The monoisotopic (exact) mass is 251 g/mol. The summed E-state index contributed by atoms with van der Waals surface area (Å²) in [7, 11) is 1.70. The molecule has 0 saturated carbocycles. The second-order valence-corrected chi connectivity index (χ2v) is 4.99. The van der Waals surface area contributed by atoms with Crippen molar-refractivity contribution in [3.05, 3.63) is 29.3 Å². The Kier molecular flexibility index (Phi) is 5.42. The van der Waals surface area contributed by atoms with Gasteiger partial charge in [-0.25, -0.2) is 0 Å². The van der Waals surface area contributed by atoms with Crippen molar-refractivity contribution >= 4 is 17.2 Å². The molecule has 94 valence electrons. The normalized spacial score (nSPS) is 12.2. The van der Waals surface area contributed by atoms with Crippen LogP contribution in [0.2, 0.25) is 0 Å². The van der Waals surface area contributed by atoms with Crippen LogP contribution in [0.15, 0.2) is 18.2 Å². The molecule has 0 amide bonds. The molecule has 1 unspecified atom stereocenters. The summed E-state index contributed by atoms with van der Waals surface area (Å²) in [5.41, 5.74) is 8.29. The molecule has 0 heterocycles. The Hall–Kier alpha value is -1.09. The summed E-state index contributed by atoms with van der Waals surface area (Å²) in [5.74, 6) is 1.42. The van der Waals surface area contributed by atoms with Crippen LogP contribution in [-0.4, -0.2) is 12.1 Å². The second-order valence-electron chi connectivity index (χ2n) is 4.47. The molecule has 1 atom stereocenters. The van der Waals surface area contributed by atoms with Crippen LogP contribution in [0, 0.1) is 5.92 Å². The molecule has 2 N–H and O–H groups in total. The minimum atomic E-state index is 0.492. The Morgan fingerprint density at radius 1 is 1.41 bits per heavy atom. The summed E-state index contributed by atoms with van der Waals surface area (Å²) < 4.78 is 5.24. The van der Waals surface area contributed by atoms with Crippen LogP contribution in [0.25, 0.3) is 0 Å². The Morgan fingerprint density at radius 2 is 2.12 bits per heavy atom. The van der Waals surface area contributed by atoms with E-state index in [-0.39, 0.29) is 0 Å². The van der Waals surface area contributed by atoms with Gasteiger partial charge in [-0.1, -0.05) is 32.1 Å². The van der Waals surface area contributed by atoms with E-state index in [2.05, 4.69) is 26.0 Å². The number of benzene rings is 1. The molecular weight excluding hydrogens is 230 g/mol. The van der Waals surface area contributed by atoms with Crippen molar-refractivity contribution in [1.82, 2.24) is 0 Å². The molecule has 0 fully saturated rings. The van der Waals surface area contributed by atoms with Gasteiger partial charge >= 0.3 is 0 Å². The predicted octanol–water partition coefficient (Wildman–Crippen LogP) is 3.11. The SMILES string of the molecule is CCc1cc(OC)ccc1CC(C)CC(N)=S. The molecule has 0 saturated heterocycles. The summed E-state index contributed by atoms with van der Waals surface area (Å²) >= 11 is 4.95. The van der Waals surface area contributed by atoms with E-state index >= 15 is 0 Å². The van der Waals surface area contributed by atoms with Crippen molar-refractivity contribution in [3.8, 4) is 5.75 Å². The average molecular weight is 251 g/mol. The van der Waals surface area contributed by atoms with Crippen LogP contribution in [0.1, 0.15) is 31.4 Å². The molecule has 0 radical (unpaired) electrons. The summed E-state index contributed by atoms with van der Waals surface area (Å²) in [6, 6.07) is 6.28. The summed E-state index contributed by atoms with van der Waals surface area (Å²) in [6.07, 6.45) is 2.85. The third-order valence-corrected chi connectivity index (χ3v) is 3.08. The van der Waals surface area contributed by atoms with Crippen LogP contribution < -0.4 is 10.5 Å². The number of thiocarbonyl (C=S) groups is 1. The summed E-state index contributed by atoms with van der Waals surface area (Å²) in [6.45, 7) is 4.35. The lowest BCUT2D eigenvalue weighted by molar-refractivity contribution is 0.414. The van der Waals surface area contributed by atoms with Crippen molar-refractivity contribution < 1.29 is 4.74 Å². The lowest BCUT2D eigenvalue weighted by Gasteiger charge is -2.14. The molecule has 0 aromatic heterocycles. The first-order chi connectivity index (χ1) is 8.06. The van der Waals surface area contributed by atoms with E-state index < -0.39 is 0 Å². The maximum Gasteiger partial charge on any atom is 0.119 e. The molecule has 0 aliphatic carbocycles. The standard InChI is InChI=1S/C14H21NOS/c1-4-11-9-13(16-3)6-5-12(11)7-10(2)8-14(15)17/h5-6,9-10H,4,7-8H2,1-3H3,(H2,15,17). The number of aryl methyl sites for hydroxylation is 1. The molecule has 1 aromatic rings. The van der Waals surface area contributed by atoms with Gasteiger partial charge in [-0.05, 0) is 42.0 Å². The number of methoxy groups -OCH3 is 1. The van der Waals surface area contributed by atoms with Crippen LogP contribution in [0.4, 0.5) is 0 Å². The van der Waals surface area contributed by atoms with E-state index in [0.29, 0.717) is 10.9 Å². The number of hydrogen-bond acceptors (Lipinski definition) is 2. The largest absolute Gasteiger partial charge is 0.497 e. The Balaban J connectivity index is 2.79. The van der Waals surface area contributed by atoms with Crippen LogP contribution in [0.5, 0.6) is 5.75 Å². The minimum absolute atomic E-state index is 0.492. The van der Waals surface area contributed by atoms with Crippen molar-refractivity contribution in [1.29, 1.82) is 0 Å². The van der Waals surface area contributed by atoms with Gasteiger partial charge in [0.1, 0.15) is 5.75 Å². The molecule has 0 bridgehead atoms. The maximum absolute atomic E-state index is 5.57. The fourth-order valence-corrected chi connectivity index (χ4v) is 2.33. The quantitative estimate of drug-likeness (QED) is 0.789. The van der Waals surface area contributed by atoms with Crippen LogP contribution in [0.3, 0.4) is 0 Å². The molecule has 3 heteroatoms. The van der Waals surface area contributed by atoms with Gasteiger partial charge in [0.2, 0.25) is 0 Å². The topological polar surface area (TPSA) is 35.2 Å². The maximum atomic E-state index is 5.57. The summed E-state index contributed by atoms with van der Waals surface area (Å²) in [5, 5.41) is 0. The zero-order chi connectivity index (χ0) is 12.8. The molecule has 17 heavy (non-hydrogen) atoms. The van der Waals surface area contributed by atoms with E-state index in [1.54, 1.807) is 7.11 Å². The molecular formula is C14H21NOS. The highest BCUT2D eigenvalue weighted by molar-refractivity contribution is 7.80. The smallest absolute Gasteiger partial charge is 0.119 e. The van der Waals surface area contributed by atoms with E-state index in [4.69, 9.17) is 22.7 Å². The Bertz CT molecular complexity index is 390. The van der Waals surface area contributed by atoms with Crippen LogP contribution >= 0.6 is 12.2 Å². The van der Waals surface area contributed by atoms with Crippen molar-refractivity contribution in [2.75, 3.05) is 7.11 Å². The molecule has 2 nitrogen and oxygen atoms in total. The van der Waals surface area contributed by atoms with E-state index in [1.807, 2.05) is 6.07 Å². The van der Waals surface area contributed by atoms with Gasteiger partial charge in [-0.3, -0.25) is 0 Å². The van der Waals surface area contributed by atoms with Gasteiger partial charge in [-0.15, -0.1) is 0 Å². The highest BCUT2D eigenvalue weighted by Crippen LogP contribution is 2.21. The third kappa shape index (κ3) is 4.35. The second kappa shape index (κ2) is 6.60. The zero-order valence-corrected chi connectivity index (χ0v) is 11.6. The average Bonchev–Trinajstić information content (AvgIpc) is 2.28. The number of rotatable bonds is 6. The molecule has 0 aliphatic rings. The van der Waals surface area contributed by atoms with Crippen molar-refractivity contribution in [2.24, 2.45) is 11.7 Å². The molecule has 1 aromatic carbocycles. The van der Waals surface area contributed by atoms with Gasteiger partial charge in [0, 0.05) is 6.42 Å². The number of ether oxygens (including phenoxy) is 1. The first-order valence-electron chi connectivity index (χ1n) is 6.00. The minimum Gasteiger partial charge on any atom is -0.497 e.